The van der Waals surface area contributed by atoms with Gasteiger partial charge in [0.2, 0.25) is 0 Å². The Morgan fingerprint density at radius 1 is 0.960 bits per heavy atom. The third kappa shape index (κ3) is 3.30. The zero-order chi connectivity index (χ0) is 18.7. The molecule has 0 saturated carbocycles. The van der Waals surface area contributed by atoms with Gasteiger partial charge in [-0.15, -0.1) is 5.23 Å². The summed E-state index contributed by atoms with van der Waals surface area (Å²) in [5.41, 5.74) is 1.14. The van der Waals surface area contributed by atoms with Crippen LogP contribution < -0.4 is 5.23 Å². The Labute approximate surface area is 144 Å². The average Bonchev–Trinajstić information content (AvgIpc) is 2.59. The number of aromatic nitrogens is 1. The fourth-order valence-corrected chi connectivity index (χ4v) is 2.68. The van der Waals surface area contributed by atoms with E-state index in [4.69, 9.17) is 9.47 Å². The summed E-state index contributed by atoms with van der Waals surface area (Å²) < 4.78 is 9.64. The highest BCUT2D eigenvalue weighted by atomic mass is 16.8. The summed E-state index contributed by atoms with van der Waals surface area (Å²) in [4.78, 5) is 28.9. The Morgan fingerprint density at radius 3 is 1.88 bits per heavy atom. The van der Waals surface area contributed by atoms with Crippen LogP contribution in [0.15, 0.2) is 24.3 Å². The number of benzene rings is 1. The van der Waals surface area contributed by atoms with Crippen molar-refractivity contribution >= 4 is 17.6 Å². The lowest BCUT2D eigenvalue weighted by molar-refractivity contribution is 0.0294. The molecular weight excluding hydrogens is 328 g/mol. The van der Waals surface area contributed by atoms with Gasteiger partial charge in [0, 0.05) is 11.1 Å². The van der Waals surface area contributed by atoms with Gasteiger partial charge in [-0.1, -0.05) is 18.2 Å². The molecule has 1 heterocycles. The Hall–Kier alpha value is -2.97. The van der Waals surface area contributed by atoms with Gasteiger partial charge < -0.3 is 9.47 Å². The number of methoxy groups -OCH3 is 2. The van der Waals surface area contributed by atoms with E-state index in [0.29, 0.717) is 11.4 Å². The second kappa shape index (κ2) is 7.29. The van der Waals surface area contributed by atoms with Gasteiger partial charge in [-0.25, -0.2) is 9.59 Å². The number of esters is 2. The second-order valence-electron chi connectivity index (χ2n) is 5.20. The van der Waals surface area contributed by atoms with E-state index in [-0.39, 0.29) is 33.2 Å². The van der Waals surface area contributed by atoms with Crippen LogP contribution in [-0.4, -0.2) is 41.6 Å². The van der Waals surface area contributed by atoms with Crippen LogP contribution in [0.4, 0.5) is 5.69 Å². The summed E-state index contributed by atoms with van der Waals surface area (Å²) in [5.74, 6) is -1.41. The van der Waals surface area contributed by atoms with Gasteiger partial charge in [0.25, 0.3) is 0 Å². The van der Waals surface area contributed by atoms with Gasteiger partial charge >= 0.3 is 11.9 Å². The molecule has 0 saturated heterocycles. The molecule has 25 heavy (non-hydrogen) atoms. The van der Waals surface area contributed by atoms with Gasteiger partial charge in [-0.05, 0) is 19.9 Å². The van der Waals surface area contributed by atoms with Crippen LogP contribution in [0.5, 0.6) is 0 Å². The normalized spacial score (nSPS) is 10.3. The number of aryl methyl sites for hydroxylation is 2. The molecule has 0 unspecified atom stereocenters. The number of para-hydroxylation sites is 1. The fourth-order valence-electron chi connectivity index (χ4n) is 2.68. The maximum absolute atomic E-state index is 12.3. The zero-order valence-corrected chi connectivity index (χ0v) is 14.2. The highest BCUT2D eigenvalue weighted by molar-refractivity contribution is 6.08. The third-order valence-electron chi connectivity index (χ3n) is 3.73. The predicted octanol–water partition coefficient (Wildman–Crippen LogP) is 2.52. The highest BCUT2D eigenvalue weighted by Gasteiger charge is 2.29. The standard InChI is InChI=1S/C17H18N2O6/c1-9-13(16(20)24-3)15(14(10(2)18-9)17(21)25-4)11-7-5-6-8-12(11)19(22)23/h5-8,22-23H,1-4H3. The molecule has 2 rings (SSSR count). The quantitative estimate of drug-likeness (QED) is 0.642. The van der Waals surface area contributed by atoms with Crippen LogP contribution in [0.1, 0.15) is 32.1 Å². The molecule has 0 atom stereocenters. The average molecular weight is 346 g/mol. The van der Waals surface area contributed by atoms with Gasteiger partial charge in [0.05, 0.1) is 36.7 Å². The molecule has 1 aromatic carbocycles. The van der Waals surface area contributed by atoms with E-state index in [9.17, 15) is 20.0 Å². The molecule has 0 spiro atoms. The van der Waals surface area contributed by atoms with Gasteiger partial charge in [0.15, 0.2) is 0 Å². The van der Waals surface area contributed by atoms with Crippen LogP contribution in [0, 0.1) is 13.8 Å². The van der Waals surface area contributed by atoms with E-state index < -0.39 is 11.9 Å². The first-order valence-electron chi connectivity index (χ1n) is 7.28. The first-order valence-corrected chi connectivity index (χ1v) is 7.28. The van der Waals surface area contributed by atoms with Crippen molar-refractivity contribution in [1.29, 1.82) is 0 Å². The van der Waals surface area contributed by atoms with Crippen LogP contribution in [0.25, 0.3) is 11.1 Å². The van der Waals surface area contributed by atoms with E-state index in [1.807, 2.05) is 0 Å². The number of rotatable bonds is 4. The minimum Gasteiger partial charge on any atom is -0.465 e. The molecule has 0 radical (unpaired) electrons. The molecule has 0 aliphatic heterocycles. The number of ether oxygens (including phenoxy) is 2. The Bertz CT molecular complexity index is 792. The number of hydrogen-bond donors (Lipinski definition) is 2. The van der Waals surface area contributed by atoms with Crippen molar-refractivity contribution in [2.75, 3.05) is 19.4 Å². The number of carbonyl (C=O) groups excluding carboxylic acids is 2. The van der Waals surface area contributed by atoms with Gasteiger partial charge in [-0.2, -0.15) is 0 Å². The highest BCUT2D eigenvalue weighted by Crippen LogP contribution is 2.37. The molecule has 8 heteroatoms. The van der Waals surface area contributed by atoms with Gasteiger partial charge in [0.1, 0.15) is 5.69 Å². The van der Waals surface area contributed by atoms with E-state index in [1.165, 1.54) is 20.3 Å². The lowest BCUT2D eigenvalue weighted by Gasteiger charge is -2.20. The van der Waals surface area contributed by atoms with Crippen molar-refractivity contribution in [1.82, 2.24) is 4.98 Å². The molecule has 0 bridgehead atoms. The minimum atomic E-state index is -0.706. The second-order valence-corrected chi connectivity index (χ2v) is 5.20. The summed E-state index contributed by atoms with van der Waals surface area (Å²) >= 11 is 0. The van der Waals surface area contributed by atoms with Crippen molar-refractivity contribution in [3.8, 4) is 11.1 Å². The first-order chi connectivity index (χ1) is 11.8. The summed E-state index contributed by atoms with van der Waals surface area (Å²) in [6.45, 7) is 3.20. The SMILES string of the molecule is COC(=O)c1c(C)nc(C)c(C(=O)OC)c1-c1ccccc1N(O)O. The van der Waals surface area contributed by atoms with E-state index in [0.717, 1.165) is 0 Å². The van der Waals surface area contributed by atoms with Gasteiger partial charge in [-0.3, -0.25) is 15.4 Å². The molecule has 1 aromatic heterocycles. The summed E-state index contributed by atoms with van der Waals surface area (Å²) in [6.07, 6.45) is 0. The molecule has 0 fully saturated rings. The minimum absolute atomic E-state index is 0.0252. The van der Waals surface area contributed by atoms with Crippen LogP contribution in [0.3, 0.4) is 0 Å². The number of nitrogens with zero attached hydrogens (tertiary/aromatic N) is 2. The summed E-state index contributed by atoms with van der Waals surface area (Å²) in [7, 11) is 2.42. The Morgan fingerprint density at radius 2 is 1.44 bits per heavy atom. The Kier molecular flexibility index (Phi) is 5.35. The maximum Gasteiger partial charge on any atom is 0.340 e. The molecule has 8 nitrogen and oxygen atoms in total. The zero-order valence-electron chi connectivity index (χ0n) is 14.2. The fraction of sp³-hybridized carbons (Fsp3) is 0.235. The van der Waals surface area contributed by atoms with Crippen LogP contribution in [0.2, 0.25) is 0 Å². The predicted molar refractivity (Wildman–Crippen MR) is 87.9 cm³/mol. The molecule has 132 valence electrons. The third-order valence-corrected chi connectivity index (χ3v) is 3.73. The molecule has 0 amide bonds. The van der Waals surface area contributed by atoms with Crippen molar-refractivity contribution in [2.24, 2.45) is 0 Å². The lowest BCUT2D eigenvalue weighted by atomic mass is 9.91. The summed E-state index contributed by atoms with van der Waals surface area (Å²) in [6, 6.07) is 6.18. The van der Waals surface area contributed by atoms with E-state index in [2.05, 4.69) is 4.98 Å². The first kappa shape index (κ1) is 18.4. The molecule has 0 aliphatic carbocycles. The largest absolute Gasteiger partial charge is 0.465 e. The van der Waals surface area contributed by atoms with Crippen molar-refractivity contribution in [3.05, 3.63) is 46.8 Å². The van der Waals surface area contributed by atoms with Crippen LogP contribution >= 0.6 is 0 Å². The van der Waals surface area contributed by atoms with Crippen molar-refractivity contribution in [2.45, 2.75) is 13.8 Å². The van der Waals surface area contributed by atoms with Crippen LogP contribution in [-0.2, 0) is 9.47 Å². The molecular formula is C17H18N2O6. The topological polar surface area (TPSA) is 109 Å². The lowest BCUT2D eigenvalue weighted by Crippen LogP contribution is -2.18. The summed E-state index contributed by atoms with van der Waals surface area (Å²) in [5, 5.41) is 19.0. The number of pyridine rings is 1. The Balaban J connectivity index is 3.00. The molecule has 2 aromatic rings. The number of carbonyl (C=O) groups is 2. The van der Waals surface area contributed by atoms with Crippen molar-refractivity contribution in [3.63, 3.8) is 0 Å². The maximum atomic E-state index is 12.3. The smallest absolute Gasteiger partial charge is 0.340 e. The van der Waals surface area contributed by atoms with Crippen molar-refractivity contribution < 1.29 is 29.5 Å². The number of anilines is 1. The molecule has 0 aliphatic rings. The monoisotopic (exact) mass is 346 g/mol. The van der Waals surface area contributed by atoms with E-state index in [1.54, 1.807) is 32.0 Å². The molecule has 2 N–H and O–H groups in total. The number of hydrogen-bond acceptors (Lipinski definition) is 8. The van der Waals surface area contributed by atoms with E-state index >= 15 is 0 Å².